The number of nitrogens with zero attached hydrogens (tertiary/aromatic N) is 2. The number of ether oxygens (including phenoxy) is 3. The van der Waals surface area contributed by atoms with Crippen LogP contribution in [-0.4, -0.2) is 37.7 Å². The predicted octanol–water partition coefficient (Wildman–Crippen LogP) is 4.58. The Balaban J connectivity index is 1.65. The fraction of sp³-hybridized carbons (Fsp3) is 0.227. The number of benzene rings is 2. The topological polar surface area (TPSA) is 90.0 Å². The van der Waals surface area contributed by atoms with Crippen LogP contribution >= 0.6 is 11.3 Å². The van der Waals surface area contributed by atoms with Crippen LogP contribution in [0.4, 0.5) is 16.2 Å². The van der Waals surface area contributed by atoms with E-state index in [1.54, 1.807) is 61.9 Å². The second-order valence-electron chi connectivity index (χ2n) is 6.39. The standard InChI is InChI=1S/C22H23N3O5S/c1-4-29-22(27)25(2)18-8-6-16(7-9-18)24-21(26)15-5-10-19(20(11-15)28-3)30-12-17-13-31-14-23-17/h5-11,13-14H,4,12H2,1-3H3,(H,24,26). The summed E-state index contributed by atoms with van der Waals surface area (Å²) < 4.78 is 16.1. The van der Waals surface area contributed by atoms with Crippen LogP contribution in [0.3, 0.4) is 0 Å². The highest BCUT2D eigenvalue weighted by Gasteiger charge is 2.14. The Morgan fingerprint density at radius 2 is 1.90 bits per heavy atom. The minimum absolute atomic E-state index is 0.296. The first kappa shape index (κ1) is 22.1. The molecular weight excluding hydrogens is 418 g/mol. The third-order valence-corrected chi connectivity index (χ3v) is 4.97. The van der Waals surface area contributed by atoms with E-state index >= 15 is 0 Å². The Hall–Kier alpha value is -3.59. The molecule has 1 aromatic heterocycles. The van der Waals surface area contributed by atoms with E-state index in [0.29, 0.717) is 41.7 Å². The highest BCUT2D eigenvalue weighted by atomic mass is 32.1. The van der Waals surface area contributed by atoms with Crippen LogP contribution in [0, 0.1) is 0 Å². The fourth-order valence-corrected chi connectivity index (χ4v) is 3.23. The molecule has 0 saturated carbocycles. The smallest absolute Gasteiger partial charge is 0.413 e. The van der Waals surface area contributed by atoms with Gasteiger partial charge in [-0.2, -0.15) is 0 Å². The van der Waals surface area contributed by atoms with Crippen molar-refractivity contribution < 1.29 is 23.8 Å². The summed E-state index contributed by atoms with van der Waals surface area (Å²) in [5.74, 6) is 0.684. The SMILES string of the molecule is CCOC(=O)N(C)c1ccc(NC(=O)c2ccc(OCc3cscn3)c(OC)c2)cc1. The van der Waals surface area contributed by atoms with E-state index in [2.05, 4.69) is 10.3 Å². The maximum Gasteiger partial charge on any atom is 0.413 e. The van der Waals surface area contributed by atoms with Crippen molar-refractivity contribution in [3.63, 3.8) is 0 Å². The molecule has 1 heterocycles. The molecule has 0 aliphatic heterocycles. The number of carbonyl (C=O) groups excluding carboxylic acids is 2. The van der Waals surface area contributed by atoms with Gasteiger partial charge in [0.05, 0.1) is 24.9 Å². The van der Waals surface area contributed by atoms with Gasteiger partial charge in [-0.15, -0.1) is 11.3 Å². The summed E-state index contributed by atoms with van der Waals surface area (Å²) in [6, 6.07) is 11.9. The van der Waals surface area contributed by atoms with Gasteiger partial charge in [0.25, 0.3) is 5.91 Å². The number of thiazole rings is 1. The molecule has 0 fully saturated rings. The molecule has 1 N–H and O–H groups in total. The molecule has 9 heteroatoms. The first-order valence-electron chi connectivity index (χ1n) is 9.51. The lowest BCUT2D eigenvalue weighted by molar-refractivity contribution is 0.102. The Labute approximate surface area is 184 Å². The summed E-state index contributed by atoms with van der Waals surface area (Å²) in [6.45, 7) is 2.37. The second kappa shape index (κ2) is 10.4. The van der Waals surface area contributed by atoms with E-state index in [4.69, 9.17) is 14.2 Å². The third-order valence-electron chi connectivity index (χ3n) is 4.34. The summed E-state index contributed by atoms with van der Waals surface area (Å²) in [7, 11) is 3.14. The summed E-state index contributed by atoms with van der Waals surface area (Å²) in [4.78, 5) is 30.0. The second-order valence-corrected chi connectivity index (χ2v) is 7.11. The molecule has 2 aromatic carbocycles. The molecule has 0 radical (unpaired) electrons. The maximum atomic E-state index is 12.6. The van der Waals surface area contributed by atoms with Crippen LogP contribution in [0.25, 0.3) is 0 Å². The number of rotatable bonds is 8. The Morgan fingerprint density at radius 1 is 1.13 bits per heavy atom. The highest BCUT2D eigenvalue weighted by Crippen LogP contribution is 2.29. The highest BCUT2D eigenvalue weighted by molar-refractivity contribution is 7.07. The zero-order chi connectivity index (χ0) is 22.2. The van der Waals surface area contributed by atoms with E-state index < -0.39 is 6.09 Å². The third kappa shape index (κ3) is 5.73. The quantitative estimate of drug-likeness (QED) is 0.551. The molecule has 31 heavy (non-hydrogen) atoms. The number of anilines is 2. The van der Waals surface area contributed by atoms with Gasteiger partial charge in [0.15, 0.2) is 11.5 Å². The first-order chi connectivity index (χ1) is 15.0. The maximum absolute atomic E-state index is 12.6. The number of methoxy groups -OCH3 is 1. The van der Waals surface area contributed by atoms with Crippen molar-refractivity contribution in [2.24, 2.45) is 0 Å². The number of amides is 2. The van der Waals surface area contributed by atoms with Gasteiger partial charge >= 0.3 is 6.09 Å². The lowest BCUT2D eigenvalue weighted by Crippen LogP contribution is -2.26. The van der Waals surface area contributed by atoms with Crippen molar-refractivity contribution in [1.29, 1.82) is 0 Å². The van der Waals surface area contributed by atoms with Gasteiger partial charge in [0.1, 0.15) is 6.61 Å². The van der Waals surface area contributed by atoms with E-state index in [1.807, 2.05) is 5.38 Å². The largest absolute Gasteiger partial charge is 0.493 e. The molecule has 0 bridgehead atoms. The summed E-state index contributed by atoms with van der Waals surface area (Å²) in [6.07, 6.45) is -0.441. The summed E-state index contributed by atoms with van der Waals surface area (Å²) in [5, 5.41) is 4.73. The molecule has 0 spiro atoms. The zero-order valence-corrected chi connectivity index (χ0v) is 18.3. The molecule has 8 nitrogen and oxygen atoms in total. The molecule has 0 unspecified atom stereocenters. The average Bonchev–Trinajstić information content (AvgIpc) is 3.31. The van der Waals surface area contributed by atoms with Crippen LogP contribution in [0.5, 0.6) is 11.5 Å². The zero-order valence-electron chi connectivity index (χ0n) is 17.5. The minimum atomic E-state index is -0.441. The van der Waals surface area contributed by atoms with Gasteiger partial charge in [-0.1, -0.05) is 0 Å². The Morgan fingerprint density at radius 3 is 2.55 bits per heavy atom. The Bertz CT molecular complexity index is 1020. The molecule has 0 aliphatic carbocycles. The van der Waals surface area contributed by atoms with Crippen molar-refractivity contribution in [2.45, 2.75) is 13.5 Å². The number of hydrogen-bond donors (Lipinski definition) is 1. The Kier molecular flexibility index (Phi) is 7.45. The lowest BCUT2D eigenvalue weighted by Gasteiger charge is -2.17. The van der Waals surface area contributed by atoms with Crippen molar-refractivity contribution in [2.75, 3.05) is 31.0 Å². The van der Waals surface area contributed by atoms with Gasteiger partial charge in [0, 0.05) is 29.4 Å². The van der Waals surface area contributed by atoms with Crippen LogP contribution in [-0.2, 0) is 11.3 Å². The molecular formula is C22H23N3O5S. The molecule has 0 saturated heterocycles. The minimum Gasteiger partial charge on any atom is -0.493 e. The average molecular weight is 442 g/mol. The normalized spacial score (nSPS) is 10.3. The summed E-state index contributed by atoms with van der Waals surface area (Å²) in [5.41, 5.74) is 4.23. The molecule has 162 valence electrons. The van der Waals surface area contributed by atoms with E-state index in [-0.39, 0.29) is 5.91 Å². The van der Waals surface area contributed by atoms with Crippen LogP contribution < -0.4 is 19.7 Å². The van der Waals surface area contributed by atoms with E-state index in [0.717, 1.165) is 5.69 Å². The number of nitrogens with one attached hydrogen (secondary N) is 1. The molecule has 2 amide bonds. The predicted molar refractivity (Wildman–Crippen MR) is 119 cm³/mol. The monoisotopic (exact) mass is 441 g/mol. The number of hydrogen-bond acceptors (Lipinski definition) is 7. The molecule has 3 aromatic rings. The van der Waals surface area contributed by atoms with Gasteiger partial charge < -0.3 is 19.5 Å². The number of carbonyl (C=O) groups is 2. The van der Waals surface area contributed by atoms with Crippen LogP contribution in [0.15, 0.2) is 53.4 Å². The fourth-order valence-electron chi connectivity index (χ4n) is 2.69. The van der Waals surface area contributed by atoms with E-state index in [9.17, 15) is 9.59 Å². The molecule has 0 atom stereocenters. The van der Waals surface area contributed by atoms with Gasteiger partial charge in [-0.25, -0.2) is 9.78 Å². The van der Waals surface area contributed by atoms with Crippen molar-refractivity contribution in [3.05, 3.63) is 64.6 Å². The first-order valence-corrected chi connectivity index (χ1v) is 10.5. The molecule has 0 aliphatic rings. The van der Waals surface area contributed by atoms with Gasteiger partial charge in [0.2, 0.25) is 0 Å². The van der Waals surface area contributed by atoms with Crippen molar-refractivity contribution >= 4 is 34.7 Å². The van der Waals surface area contributed by atoms with Crippen molar-refractivity contribution in [3.8, 4) is 11.5 Å². The number of aromatic nitrogens is 1. The molecule has 3 rings (SSSR count). The summed E-state index contributed by atoms with van der Waals surface area (Å²) >= 11 is 1.50. The van der Waals surface area contributed by atoms with Gasteiger partial charge in [-0.3, -0.25) is 9.69 Å². The van der Waals surface area contributed by atoms with Crippen LogP contribution in [0.2, 0.25) is 0 Å². The van der Waals surface area contributed by atoms with Crippen molar-refractivity contribution in [1.82, 2.24) is 4.98 Å². The van der Waals surface area contributed by atoms with E-state index in [1.165, 1.54) is 23.3 Å². The van der Waals surface area contributed by atoms with Crippen LogP contribution in [0.1, 0.15) is 23.0 Å². The lowest BCUT2D eigenvalue weighted by atomic mass is 10.1. The van der Waals surface area contributed by atoms with Gasteiger partial charge in [-0.05, 0) is 49.4 Å².